The summed E-state index contributed by atoms with van der Waals surface area (Å²) in [5.41, 5.74) is 0.651. The second-order valence-electron chi connectivity index (χ2n) is 5.97. The number of alkyl halides is 3. The maximum atomic E-state index is 12.3. The molecule has 1 N–H and O–H groups in total. The molecule has 0 atom stereocenters. The van der Waals surface area contributed by atoms with Gasteiger partial charge < -0.3 is 14.4 Å². The van der Waals surface area contributed by atoms with Gasteiger partial charge in [0.15, 0.2) is 0 Å². The molecule has 152 valence electrons. The van der Waals surface area contributed by atoms with Gasteiger partial charge in [-0.1, -0.05) is 6.07 Å². The van der Waals surface area contributed by atoms with E-state index in [1.165, 1.54) is 0 Å². The summed E-state index contributed by atoms with van der Waals surface area (Å²) in [6.45, 7) is 2.76. The van der Waals surface area contributed by atoms with Crippen molar-refractivity contribution >= 4 is 15.8 Å². The lowest BCUT2D eigenvalue weighted by atomic mass is 10.3. The van der Waals surface area contributed by atoms with Gasteiger partial charge in [0.2, 0.25) is 10.0 Å². The third-order valence-electron chi connectivity index (χ3n) is 3.98. The molecule has 0 spiro atoms. The molecule has 11 heteroatoms. The first-order chi connectivity index (χ1) is 13.2. The quantitative estimate of drug-likeness (QED) is 0.777. The highest BCUT2D eigenvalue weighted by Gasteiger charge is 2.31. The number of pyridine rings is 1. The van der Waals surface area contributed by atoms with E-state index in [1.807, 2.05) is 0 Å². The lowest BCUT2D eigenvalue weighted by molar-refractivity contribution is -0.274. The van der Waals surface area contributed by atoms with Gasteiger partial charge in [-0.05, 0) is 35.9 Å². The maximum Gasteiger partial charge on any atom is 0.573 e. The predicted molar refractivity (Wildman–Crippen MR) is 94.4 cm³/mol. The number of ether oxygens (including phenoxy) is 2. The van der Waals surface area contributed by atoms with Crippen molar-refractivity contribution in [3.8, 4) is 5.75 Å². The van der Waals surface area contributed by atoms with Gasteiger partial charge in [0, 0.05) is 25.8 Å². The zero-order chi connectivity index (χ0) is 20.2. The molecule has 0 bridgehead atoms. The van der Waals surface area contributed by atoms with E-state index in [0.717, 1.165) is 43.2 Å². The van der Waals surface area contributed by atoms with Gasteiger partial charge in [-0.3, -0.25) is 0 Å². The lowest BCUT2D eigenvalue weighted by Crippen LogP contribution is -2.36. The SMILES string of the molecule is O=S(=O)(NCc1ccc(N2CCOCC2)nc1)c1ccc(OC(F)(F)F)cc1. The smallest absolute Gasteiger partial charge is 0.406 e. The first kappa shape index (κ1) is 20.4. The van der Waals surface area contributed by atoms with Crippen molar-refractivity contribution in [1.29, 1.82) is 0 Å². The molecule has 3 rings (SSSR count). The molecule has 0 unspecified atom stereocenters. The van der Waals surface area contributed by atoms with Crippen LogP contribution in [0.5, 0.6) is 5.75 Å². The average Bonchev–Trinajstić information content (AvgIpc) is 2.67. The molecule has 28 heavy (non-hydrogen) atoms. The fourth-order valence-corrected chi connectivity index (χ4v) is 3.60. The summed E-state index contributed by atoms with van der Waals surface area (Å²) in [5.74, 6) is 0.296. The molecule has 0 aliphatic carbocycles. The Morgan fingerprint density at radius 1 is 1.11 bits per heavy atom. The second kappa shape index (κ2) is 8.33. The predicted octanol–water partition coefficient (Wildman–Crippen LogP) is 2.30. The highest BCUT2D eigenvalue weighted by Crippen LogP contribution is 2.24. The monoisotopic (exact) mass is 417 g/mol. The van der Waals surface area contributed by atoms with Gasteiger partial charge in [0.25, 0.3) is 0 Å². The number of hydrogen-bond donors (Lipinski definition) is 1. The molecule has 1 aliphatic rings. The molecule has 0 radical (unpaired) electrons. The second-order valence-corrected chi connectivity index (χ2v) is 7.73. The fourth-order valence-electron chi connectivity index (χ4n) is 2.58. The Balaban J connectivity index is 1.60. The topological polar surface area (TPSA) is 80.8 Å². The van der Waals surface area contributed by atoms with Gasteiger partial charge in [-0.25, -0.2) is 18.1 Å². The molecule has 0 amide bonds. The number of nitrogens with zero attached hydrogens (tertiary/aromatic N) is 2. The zero-order valence-electron chi connectivity index (χ0n) is 14.6. The van der Waals surface area contributed by atoms with Crippen molar-refractivity contribution in [2.24, 2.45) is 0 Å². The van der Waals surface area contributed by atoms with Crippen molar-refractivity contribution < 1.29 is 31.1 Å². The Morgan fingerprint density at radius 2 is 1.79 bits per heavy atom. The van der Waals surface area contributed by atoms with E-state index in [0.29, 0.717) is 18.8 Å². The Bertz CT molecular complexity index is 881. The number of halogens is 3. The maximum absolute atomic E-state index is 12.3. The minimum Gasteiger partial charge on any atom is -0.406 e. The third-order valence-corrected chi connectivity index (χ3v) is 5.40. The van der Waals surface area contributed by atoms with Gasteiger partial charge in [0.05, 0.1) is 18.1 Å². The van der Waals surface area contributed by atoms with Crippen LogP contribution >= 0.6 is 0 Å². The first-order valence-electron chi connectivity index (χ1n) is 8.36. The molecule has 1 aliphatic heterocycles. The Kier molecular flexibility index (Phi) is 6.06. The lowest BCUT2D eigenvalue weighted by Gasteiger charge is -2.27. The van der Waals surface area contributed by atoms with Gasteiger partial charge in [0.1, 0.15) is 11.6 Å². The number of anilines is 1. The summed E-state index contributed by atoms with van der Waals surface area (Å²) in [6, 6.07) is 7.55. The van der Waals surface area contributed by atoms with E-state index in [-0.39, 0.29) is 11.4 Å². The summed E-state index contributed by atoms with van der Waals surface area (Å²) in [4.78, 5) is 6.24. The molecule has 7 nitrogen and oxygen atoms in total. The molecule has 2 aromatic rings. The number of nitrogens with one attached hydrogen (secondary N) is 1. The number of morpholine rings is 1. The molecule has 1 aromatic heterocycles. The van der Waals surface area contributed by atoms with E-state index >= 15 is 0 Å². The summed E-state index contributed by atoms with van der Waals surface area (Å²) in [7, 11) is -3.89. The van der Waals surface area contributed by atoms with Crippen LogP contribution in [-0.2, 0) is 21.3 Å². The summed E-state index contributed by atoms with van der Waals surface area (Å²) in [5, 5.41) is 0. The van der Waals surface area contributed by atoms with Crippen molar-refractivity contribution in [2.75, 3.05) is 31.2 Å². The van der Waals surface area contributed by atoms with Crippen LogP contribution in [-0.4, -0.2) is 46.1 Å². The van der Waals surface area contributed by atoms with Crippen LogP contribution in [0.4, 0.5) is 19.0 Å². The average molecular weight is 417 g/mol. The highest BCUT2D eigenvalue weighted by atomic mass is 32.2. The van der Waals surface area contributed by atoms with Crippen LogP contribution in [0, 0.1) is 0 Å². The molecular formula is C17H18F3N3O4S. The Labute approximate surface area is 160 Å². The molecule has 1 fully saturated rings. The van der Waals surface area contributed by atoms with Gasteiger partial charge in [-0.2, -0.15) is 0 Å². The Hall–Kier alpha value is -2.37. The van der Waals surface area contributed by atoms with Gasteiger partial charge >= 0.3 is 6.36 Å². The van der Waals surface area contributed by atoms with Crippen molar-refractivity contribution in [3.05, 3.63) is 48.2 Å². The molecule has 1 saturated heterocycles. The number of benzene rings is 1. The minimum absolute atomic E-state index is 0.000469. The fraction of sp³-hybridized carbons (Fsp3) is 0.353. The molecular weight excluding hydrogens is 399 g/mol. The van der Waals surface area contributed by atoms with Crippen molar-refractivity contribution in [1.82, 2.24) is 9.71 Å². The van der Waals surface area contributed by atoms with Crippen molar-refractivity contribution in [3.63, 3.8) is 0 Å². The standard InChI is InChI=1S/C17H18F3N3O4S/c18-17(19,20)27-14-2-4-15(5-3-14)28(24,25)22-12-13-1-6-16(21-11-13)23-7-9-26-10-8-23/h1-6,11,22H,7-10,12H2. The molecule has 0 saturated carbocycles. The van der Waals surface area contributed by atoms with E-state index in [9.17, 15) is 21.6 Å². The normalized spacial score (nSPS) is 15.5. The number of aromatic nitrogens is 1. The summed E-state index contributed by atoms with van der Waals surface area (Å²) in [6.07, 6.45) is -3.26. The Morgan fingerprint density at radius 3 is 2.36 bits per heavy atom. The zero-order valence-corrected chi connectivity index (χ0v) is 15.5. The largest absolute Gasteiger partial charge is 0.573 e. The third kappa shape index (κ3) is 5.57. The van der Waals surface area contributed by atoms with Crippen LogP contribution in [0.15, 0.2) is 47.5 Å². The first-order valence-corrected chi connectivity index (χ1v) is 9.84. The minimum atomic E-state index is -4.83. The van der Waals surface area contributed by atoms with E-state index in [1.54, 1.807) is 18.3 Å². The summed E-state index contributed by atoms with van der Waals surface area (Å²) >= 11 is 0. The van der Waals surface area contributed by atoms with Crippen LogP contribution < -0.4 is 14.4 Å². The number of hydrogen-bond acceptors (Lipinski definition) is 6. The van der Waals surface area contributed by atoms with Crippen LogP contribution in [0.2, 0.25) is 0 Å². The van der Waals surface area contributed by atoms with E-state index < -0.39 is 22.1 Å². The summed E-state index contributed by atoms with van der Waals surface area (Å²) < 4.78 is 72.5. The van der Waals surface area contributed by atoms with Crippen LogP contribution in [0.25, 0.3) is 0 Å². The highest BCUT2D eigenvalue weighted by molar-refractivity contribution is 7.89. The van der Waals surface area contributed by atoms with E-state index in [4.69, 9.17) is 4.74 Å². The number of sulfonamides is 1. The van der Waals surface area contributed by atoms with Gasteiger partial charge in [-0.15, -0.1) is 13.2 Å². The van der Waals surface area contributed by atoms with Crippen molar-refractivity contribution in [2.45, 2.75) is 17.8 Å². The molecule has 1 aromatic carbocycles. The van der Waals surface area contributed by atoms with Crippen LogP contribution in [0.3, 0.4) is 0 Å². The van der Waals surface area contributed by atoms with E-state index in [2.05, 4.69) is 19.3 Å². The number of rotatable bonds is 6. The molecule has 2 heterocycles. The van der Waals surface area contributed by atoms with Crippen LogP contribution in [0.1, 0.15) is 5.56 Å².